The van der Waals surface area contributed by atoms with E-state index in [4.69, 9.17) is 9.47 Å². The predicted molar refractivity (Wildman–Crippen MR) is 98.0 cm³/mol. The van der Waals surface area contributed by atoms with Crippen LogP contribution in [0.3, 0.4) is 0 Å². The number of nitrogens with zero attached hydrogens (tertiary/aromatic N) is 1. The number of ether oxygens (including phenoxy) is 2. The average molecular weight is 376 g/mol. The van der Waals surface area contributed by atoms with Crippen molar-refractivity contribution >= 4 is 34.9 Å². The van der Waals surface area contributed by atoms with E-state index < -0.39 is 5.91 Å². The molecule has 0 atom stereocenters. The number of nitrogens with one attached hydrogen (secondary N) is 1. The van der Waals surface area contributed by atoms with Gasteiger partial charge in [0, 0.05) is 13.1 Å². The summed E-state index contributed by atoms with van der Waals surface area (Å²) in [5, 5.41) is 1.82. The third-order valence-corrected chi connectivity index (χ3v) is 5.00. The van der Waals surface area contributed by atoms with Gasteiger partial charge < -0.3 is 14.4 Å². The summed E-state index contributed by atoms with van der Waals surface area (Å²) in [5.41, 5.74) is 0.698. The van der Waals surface area contributed by atoms with Crippen molar-refractivity contribution in [3.05, 3.63) is 28.7 Å². The lowest BCUT2D eigenvalue weighted by atomic mass is 10.1. The molecule has 8 heteroatoms. The molecule has 1 aromatic carbocycles. The molecule has 3 amide bonds. The second kappa shape index (κ2) is 8.27. The van der Waals surface area contributed by atoms with Crippen LogP contribution < -0.4 is 14.8 Å². The van der Waals surface area contributed by atoms with Crippen LogP contribution in [0.2, 0.25) is 0 Å². The second-order valence-electron chi connectivity index (χ2n) is 5.99. The second-order valence-corrected chi connectivity index (χ2v) is 7.01. The standard InChI is InChI=1S/C18H20N2O5S/c1-24-14-9-12(10-15-17(22)19-18(23)26-15)5-6-13(14)25-11-16(21)20-7-3-2-4-8-20/h5-6,9-10H,2-4,7-8,11H2,1H3,(H,19,22,23)/b15-10-. The van der Waals surface area contributed by atoms with Gasteiger partial charge in [0.25, 0.3) is 17.1 Å². The first-order valence-corrected chi connectivity index (χ1v) is 9.22. The van der Waals surface area contributed by atoms with Gasteiger partial charge in [-0.1, -0.05) is 6.07 Å². The molecule has 138 valence electrons. The minimum atomic E-state index is -0.411. The van der Waals surface area contributed by atoms with Gasteiger partial charge in [-0.3, -0.25) is 19.7 Å². The largest absolute Gasteiger partial charge is 0.493 e. The molecule has 0 aliphatic carbocycles. The van der Waals surface area contributed by atoms with Crippen molar-refractivity contribution in [2.75, 3.05) is 26.8 Å². The van der Waals surface area contributed by atoms with Gasteiger partial charge in [-0.15, -0.1) is 0 Å². The molecule has 2 saturated heterocycles. The zero-order chi connectivity index (χ0) is 18.5. The van der Waals surface area contributed by atoms with Gasteiger partial charge in [0.05, 0.1) is 12.0 Å². The number of piperidine rings is 1. The first-order valence-electron chi connectivity index (χ1n) is 8.40. The summed E-state index contributed by atoms with van der Waals surface area (Å²) in [6, 6.07) is 5.13. The van der Waals surface area contributed by atoms with Crippen molar-refractivity contribution in [3.8, 4) is 11.5 Å². The minimum Gasteiger partial charge on any atom is -0.493 e. The highest BCUT2D eigenvalue weighted by atomic mass is 32.2. The van der Waals surface area contributed by atoms with E-state index in [9.17, 15) is 14.4 Å². The van der Waals surface area contributed by atoms with E-state index in [1.807, 2.05) is 4.90 Å². The molecule has 0 radical (unpaired) electrons. The average Bonchev–Trinajstić information content (AvgIpc) is 2.97. The Bertz CT molecular complexity index is 756. The summed E-state index contributed by atoms with van der Waals surface area (Å²) in [6.07, 6.45) is 4.84. The smallest absolute Gasteiger partial charge is 0.290 e. The summed E-state index contributed by atoms with van der Waals surface area (Å²) >= 11 is 0.855. The molecule has 7 nitrogen and oxygen atoms in total. The van der Waals surface area contributed by atoms with Crippen LogP contribution in [0, 0.1) is 0 Å². The van der Waals surface area contributed by atoms with Gasteiger partial charge in [0.1, 0.15) is 0 Å². The SMILES string of the molecule is COc1cc(/C=C2\SC(=O)NC2=O)ccc1OCC(=O)N1CCCCC1. The molecular formula is C18H20N2O5S. The lowest BCUT2D eigenvalue weighted by Crippen LogP contribution is -2.38. The maximum absolute atomic E-state index is 12.2. The molecule has 0 bridgehead atoms. The van der Waals surface area contributed by atoms with E-state index in [0.717, 1.165) is 44.1 Å². The fourth-order valence-corrected chi connectivity index (χ4v) is 3.52. The van der Waals surface area contributed by atoms with Gasteiger partial charge in [-0.2, -0.15) is 0 Å². The number of imide groups is 1. The molecule has 2 aliphatic heterocycles. The van der Waals surface area contributed by atoms with Crippen LogP contribution in [0.4, 0.5) is 4.79 Å². The Kier molecular flexibility index (Phi) is 5.82. The monoisotopic (exact) mass is 376 g/mol. The molecule has 0 saturated carbocycles. The molecule has 2 heterocycles. The van der Waals surface area contributed by atoms with Crippen molar-refractivity contribution < 1.29 is 23.9 Å². The third kappa shape index (κ3) is 4.37. The highest BCUT2D eigenvalue weighted by Gasteiger charge is 2.25. The zero-order valence-electron chi connectivity index (χ0n) is 14.4. The normalized spacial score (nSPS) is 18.8. The molecule has 0 unspecified atom stereocenters. The van der Waals surface area contributed by atoms with Crippen LogP contribution in [0.1, 0.15) is 24.8 Å². The van der Waals surface area contributed by atoms with E-state index in [0.29, 0.717) is 22.0 Å². The first-order chi connectivity index (χ1) is 12.6. The fraction of sp³-hybridized carbons (Fsp3) is 0.389. The van der Waals surface area contributed by atoms with Crippen molar-refractivity contribution in [1.82, 2.24) is 10.2 Å². The Morgan fingerprint density at radius 1 is 1.23 bits per heavy atom. The van der Waals surface area contributed by atoms with E-state index >= 15 is 0 Å². The summed E-state index contributed by atoms with van der Waals surface area (Å²) in [4.78, 5) is 37.2. The molecule has 2 aliphatic rings. The van der Waals surface area contributed by atoms with Gasteiger partial charge in [-0.05, 0) is 54.8 Å². The van der Waals surface area contributed by atoms with E-state index in [1.165, 1.54) is 7.11 Å². The zero-order valence-corrected chi connectivity index (χ0v) is 15.3. The van der Waals surface area contributed by atoms with E-state index in [2.05, 4.69) is 5.32 Å². The number of thioether (sulfide) groups is 1. The highest BCUT2D eigenvalue weighted by Crippen LogP contribution is 2.31. The molecular weight excluding hydrogens is 356 g/mol. The molecule has 0 aromatic heterocycles. The van der Waals surface area contributed by atoms with Crippen molar-refractivity contribution in [1.29, 1.82) is 0 Å². The topological polar surface area (TPSA) is 84.9 Å². The molecule has 1 N–H and O–H groups in total. The van der Waals surface area contributed by atoms with Gasteiger partial charge in [-0.25, -0.2) is 0 Å². The number of hydrogen-bond donors (Lipinski definition) is 1. The molecule has 26 heavy (non-hydrogen) atoms. The molecule has 3 rings (SSSR count). The molecule has 1 aromatic rings. The van der Waals surface area contributed by atoms with Gasteiger partial charge in [0.2, 0.25) is 0 Å². The Hall–Kier alpha value is -2.48. The maximum atomic E-state index is 12.2. The number of likely N-dealkylation sites (tertiary alicyclic amines) is 1. The lowest BCUT2D eigenvalue weighted by molar-refractivity contribution is -0.134. The van der Waals surface area contributed by atoms with Crippen LogP contribution >= 0.6 is 11.8 Å². The number of amides is 3. The number of methoxy groups -OCH3 is 1. The Morgan fingerprint density at radius 2 is 2.00 bits per heavy atom. The summed E-state index contributed by atoms with van der Waals surface area (Å²) in [5.74, 6) is 0.474. The lowest BCUT2D eigenvalue weighted by Gasteiger charge is -2.26. The Morgan fingerprint density at radius 3 is 2.65 bits per heavy atom. The quantitative estimate of drug-likeness (QED) is 0.795. The Labute approximate surface area is 155 Å². The highest BCUT2D eigenvalue weighted by molar-refractivity contribution is 8.18. The van der Waals surface area contributed by atoms with Crippen molar-refractivity contribution in [3.63, 3.8) is 0 Å². The van der Waals surface area contributed by atoms with Crippen LogP contribution in [-0.4, -0.2) is 48.8 Å². The van der Waals surface area contributed by atoms with E-state index in [-0.39, 0.29) is 17.8 Å². The van der Waals surface area contributed by atoms with Crippen LogP contribution in [0.25, 0.3) is 6.08 Å². The van der Waals surface area contributed by atoms with Crippen LogP contribution in [-0.2, 0) is 9.59 Å². The number of benzene rings is 1. The van der Waals surface area contributed by atoms with Crippen molar-refractivity contribution in [2.24, 2.45) is 0 Å². The molecule has 2 fully saturated rings. The van der Waals surface area contributed by atoms with Crippen LogP contribution in [0.15, 0.2) is 23.1 Å². The summed E-state index contributed by atoms with van der Waals surface area (Å²) in [7, 11) is 1.51. The fourth-order valence-electron chi connectivity index (χ4n) is 2.84. The molecule has 0 spiro atoms. The van der Waals surface area contributed by atoms with E-state index in [1.54, 1.807) is 24.3 Å². The van der Waals surface area contributed by atoms with Crippen LogP contribution in [0.5, 0.6) is 11.5 Å². The summed E-state index contributed by atoms with van der Waals surface area (Å²) in [6.45, 7) is 1.53. The van der Waals surface area contributed by atoms with Gasteiger partial charge >= 0.3 is 0 Å². The van der Waals surface area contributed by atoms with Crippen molar-refractivity contribution in [2.45, 2.75) is 19.3 Å². The minimum absolute atomic E-state index is 0.0320. The maximum Gasteiger partial charge on any atom is 0.290 e. The first kappa shape index (κ1) is 18.3. The summed E-state index contributed by atoms with van der Waals surface area (Å²) < 4.78 is 11.0. The Balaban J connectivity index is 1.67. The predicted octanol–water partition coefficient (Wildman–Crippen LogP) is 2.41. The number of carbonyl (C=O) groups is 3. The van der Waals surface area contributed by atoms with Gasteiger partial charge in [0.15, 0.2) is 18.1 Å². The number of rotatable bonds is 5. The number of carbonyl (C=O) groups excluding carboxylic acids is 3. The third-order valence-electron chi connectivity index (χ3n) is 4.19. The number of hydrogen-bond acceptors (Lipinski definition) is 6.